The summed E-state index contributed by atoms with van der Waals surface area (Å²) in [6.07, 6.45) is -0.0353. The molecule has 2 aliphatic heterocycles. The number of nitrogens with zero attached hydrogens (tertiary/aromatic N) is 2. The molecule has 0 bridgehead atoms. The smallest absolute Gasteiger partial charge is 0.410 e. The van der Waals surface area contributed by atoms with Crippen LogP contribution in [0.3, 0.4) is 0 Å². The fourth-order valence-electron chi connectivity index (χ4n) is 4.03. The molecule has 31 heavy (non-hydrogen) atoms. The molecule has 0 radical (unpaired) electrons. The second kappa shape index (κ2) is 8.43. The molecule has 2 aliphatic rings. The molecule has 0 aromatic heterocycles. The van der Waals surface area contributed by atoms with E-state index in [-0.39, 0.29) is 31.2 Å². The van der Waals surface area contributed by atoms with Crippen molar-refractivity contribution < 1.29 is 27.9 Å². The van der Waals surface area contributed by atoms with E-state index >= 15 is 8.78 Å². The molecule has 1 N–H and O–H groups in total. The molecule has 7 nitrogen and oxygen atoms in total. The van der Waals surface area contributed by atoms with Gasteiger partial charge in [0.25, 0.3) is 5.92 Å². The highest BCUT2D eigenvalue weighted by molar-refractivity contribution is 6.01. The minimum absolute atomic E-state index is 0.0951. The fraction of sp³-hybridized carbons (Fsp3) is 0.591. The molecule has 1 aromatic rings. The van der Waals surface area contributed by atoms with Crippen molar-refractivity contribution in [2.75, 3.05) is 25.0 Å². The van der Waals surface area contributed by atoms with Gasteiger partial charge in [-0.1, -0.05) is 12.1 Å². The Labute approximate surface area is 180 Å². The number of halogens is 2. The number of hydrogen-bond donors (Lipinski definition) is 1. The molecule has 2 atom stereocenters. The number of piperidine rings is 2. The largest absolute Gasteiger partial charge is 0.444 e. The lowest BCUT2D eigenvalue weighted by molar-refractivity contribution is -0.134. The summed E-state index contributed by atoms with van der Waals surface area (Å²) < 4.78 is 35.3. The summed E-state index contributed by atoms with van der Waals surface area (Å²) in [5, 5.41) is 2.31. The SMILES string of the molecule is CN(c1cccc([C@@H]2CCN(C(=O)OC(C)(C)C)CC2(F)F)c1)[C@@H]1CCC(=O)NC1=O. The van der Waals surface area contributed by atoms with E-state index in [0.717, 1.165) is 4.90 Å². The number of carbonyl (C=O) groups excluding carboxylic acids is 3. The average Bonchev–Trinajstić information content (AvgIpc) is 2.65. The lowest BCUT2D eigenvalue weighted by atomic mass is 9.86. The van der Waals surface area contributed by atoms with E-state index in [9.17, 15) is 14.4 Å². The van der Waals surface area contributed by atoms with E-state index < -0.39 is 36.1 Å². The number of alkyl halides is 2. The van der Waals surface area contributed by atoms with Crippen LogP contribution in [-0.4, -0.2) is 60.5 Å². The molecule has 0 saturated carbocycles. The van der Waals surface area contributed by atoms with Crippen LogP contribution in [0.5, 0.6) is 0 Å². The normalized spacial score (nSPS) is 23.9. The van der Waals surface area contributed by atoms with Crippen molar-refractivity contribution in [2.45, 2.75) is 63.5 Å². The first-order valence-electron chi connectivity index (χ1n) is 10.4. The number of imide groups is 1. The van der Waals surface area contributed by atoms with Crippen LogP contribution < -0.4 is 10.2 Å². The quantitative estimate of drug-likeness (QED) is 0.735. The van der Waals surface area contributed by atoms with E-state index in [2.05, 4.69) is 5.32 Å². The highest BCUT2D eigenvalue weighted by Crippen LogP contribution is 2.41. The number of ether oxygens (including phenoxy) is 1. The Morgan fingerprint density at radius 3 is 2.58 bits per heavy atom. The van der Waals surface area contributed by atoms with Gasteiger partial charge in [0, 0.05) is 25.7 Å². The number of amides is 3. The second-order valence-electron chi connectivity index (χ2n) is 9.18. The first-order valence-corrected chi connectivity index (χ1v) is 10.4. The third-order valence-electron chi connectivity index (χ3n) is 5.61. The zero-order chi connectivity index (χ0) is 23.0. The van der Waals surface area contributed by atoms with Gasteiger partial charge in [-0.3, -0.25) is 14.9 Å². The summed E-state index contributed by atoms with van der Waals surface area (Å²) in [5.74, 6) is -4.87. The topological polar surface area (TPSA) is 79.0 Å². The Bertz CT molecular complexity index is 869. The number of carbonyl (C=O) groups is 3. The van der Waals surface area contributed by atoms with Crippen LogP contribution in [0.25, 0.3) is 0 Å². The maximum Gasteiger partial charge on any atom is 0.410 e. The maximum absolute atomic E-state index is 15.0. The van der Waals surface area contributed by atoms with Crippen molar-refractivity contribution in [3.63, 3.8) is 0 Å². The number of benzene rings is 1. The van der Waals surface area contributed by atoms with Crippen LogP contribution in [0.1, 0.15) is 51.5 Å². The molecular formula is C22H29F2N3O4. The Hall–Kier alpha value is -2.71. The number of nitrogens with one attached hydrogen (secondary N) is 1. The van der Waals surface area contributed by atoms with Crippen LogP contribution in [0.2, 0.25) is 0 Å². The number of anilines is 1. The van der Waals surface area contributed by atoms with Gasteiger partial charge in [0.1, 0.15) is 11.6 Å². The van der Waals surface area contributed by atoms with E-state index in [1.165, 1.54) is 0 Å². The molecule has 3 amide bonds. The van der Waals surface area contributed by atoms with E-state index in [4.69, 9.17) is 4.74 Å². The predicted molar refractivity (Wildman–Crippen MR) is 111 cm³/mol. The van der Waals surface area contributed by atoms with Crippen molar-refractivity contribution in [3.8, 4) is 0 Å². The number of hydrogen-bond acceptors (Lipinski definition) is 5. The Balaban J connectivity index is 1.74. The second-order valence-corrected chi connectivity index (χ2v) is 9.18. The highest BCUT2D eigenvalue weighted by Gasteiger charge is 2.47. The van der Waals surface area contributed by atoms with Crippen molar-refractivity contribution >= 4 is 23.6 Å². The Morgan fingerprint density at radius 1 is 1.26 bits per heavy atom. The molecule has 0 spiro atoms. The van der Waals surface area contributed by atoms with Crippen LogP contribution in [0, 0.1) is 0 Å². The third-order valence-corrected chi connectivity index (χ3v) is 5.61. The highest BCUT2D eigenvalue weighted by atomic mass is 19.3. The van der Waals surface area contributed by atoms with Crippen LogP contribution >= 0.6 is 0 Å². The molecule has 1 aromatic carbocycles. The van der Waals surface area contributed by atoms with Crippen LogP contribution in [0.15, 0.2) is 24.3 Å². The van der Waals surface area contributed by atoms with Gasteiger partial charge >= 0.3 is 6.09 Å². The van der Waals surface area contributed by atoms with Crippen LogP contribution in [0.4, 0.5) is 19.3 Å². The van der Waals surface area contributed by atoms with Crippen molar-refractivity contribution in [3.05, 3.63) is 29.8 Å². The molecule has 170 valence electrons. The predicted octanol–water partition coefficient (Wildman–Crippen LogP) is 3.29. The minimum Gasteiger partial charge on any atom is -0.444 e. The van der Waals surface area contributed by atoms with Gasteiger partial charge in [-0.2, -0.15) is 0 Å². The van der Waals surface area contributed by atoms with E-state index in [0.29, 0.717) is 17.7 Å². The number of rotatable bonds is 3. The lowest BCUT2D eigenvalue weighted by Crippen LogP contribution is -2.51. The summed E-state index contributed by atoms with van der Waals surface area (Å²) in [5.41, 5.74) is 0.320. The van der Waals surface area contributed by atoms with Gasteiger partial charge in [-0.15, -0.1) is 0 Å². The molecular weight excluding hydrogens is 408 g/mol. The molecule has 2 saturated heterocycles. The standard InChI is InChI=1S/C22H29F2N3O4/c1-21(2,3)31-20(30)27-11-10-16(22(23,24)13-27)14-6-5-7-15(12-14)26(4)17-8-9-18(28)25-19(17)29/h5-7,12,16-17H,8-11,13H2,1-4H3,(H,25,28,29)/t16-,17+/m0/s1. The number of likely N-dealkylation sites (N-methyl/N-ethyl adjacent to an activating group) is 1. The van der Waals surface area contributed by atoms with E-state index in [1.807, 2.05) is 0 Å². The molecule has 0 aliphatic carbocycles. The summed E-state index contributed by atoms with van der Waals surface area (Å²) in [4.78, 5) is 38.5. The molecule has 3 rings (SSSR count). The van der Waals surface area contributed by atoms with Crippen LogP contribution in [-0.2, 0) is 14.3 Å². The Morgan fingerprint density at radius 2 is 1.97 bits per heavy atom. The van der Waals surface area contributed by atoms with Gasteiger partial charge in [-0.05, 0) is 51.3 Å². The average molecular weight is 437 g/mol. The summed E-state index contributed by atoms with van der Waals surface area (Å²) in [6, 6.07) is 6.20. The lowest BCUT2D eigenvalue weighted by Gasteiger charge is -2.39. The zero-order valence-electron chi connectivity index (χ0n) is 18.3. The monoisotopic (exact) mass is 437 g/mol. The molecule has 9 heteroatoms. The summed E-state index contributed by atoms with van der Waals surface area (Å²) in [6.45, 7) is 4.54. The van der Waals surface area contributed by atoms with E-state index in [1.54, 1.807) is 57.0 Å². The van der Waals surface area contributed by atoms with Gasteiger partial charge in [0.15, 0.2) is 0 Å². The molecule has 2 heterocycles. The fourth-order valence-corrected chi connectivity index (χ4v) is 4.03. The van der Waals surface area contributed by atoms with Crippen molar-refractivity contribution in [1.82, 2.24) is 10.2 Å². The third kappa shape index (κ3) is 5.32. The van der Waals surface area contributed by atoms with Gasteiger partial charge in [0.05, 0.1) is 12.5 Å². The van der Waals surface area contributed by atoms with Gasteiger partial charge < -0.3 is 14.5 Å². The minimum atomic E-state index is -3.12. The summed E-state index contributed by atoms with van der Waals surface area (Å²) >= 11 is 0. The molecule has 0 unspecified atom stereocenters. The van der Waals surface area contributed by atoms with Gasteiger partial charge in [-0.25, -0.2) is 13.6 Å². The molecule has 2 fully saturated rings. The van der Waals surface area contributed by atoms with Crippen molar-refractivity contribution in [2.24, 2.45) is 0 Å². The van der Waals surface area contributed by atoms with Crippen molar-refractivity contribution in [1.29, 1.82) is 0 Å². The first-order chi connectivity index (χ1) is 14.4. The Kier molecular flexibility index (Phi) is 6.25. The van der Waals surface area contributed by atoms with Gasteiger partial charge in [0.2, 0.25) is 11.8 Å². The first kappa shape index (κ1) is 23.0. The number of likely N-dealkylation sites (tertiary alicyclic amines) is 1. The maximum atomic E-state index is 15.0. The summed E-state index contributed by atoms with van der Waals surface area (Å²) in [7, 11) is 1.71. The zero-order valence-corrected chi connectivity index (χ0v) is 18.3.